The Kier molecular flexibility index (Phi) is 4.81. The normalized spacial score (nSPS) is 21.5. The number of ether oxygens (including phenoxy) is 2. The van der Waals surface area contributed by atoms with Gasteiger partial charge in [-0.15, -0.1) is 0 Å². The van der Waals surface area contributed by atoms with E-state index in [-0.39, 0.29) is 18.1 Å². The number of hydrogen-bond acceptors (Lipinski definition) is 4. The minimum Gasteiger partial charge on any atom is -0.447 e. The van der Waals surface area contributed by atoms with Crippen molar-refractivity contribution in [1.82, 2.24) is 4.90 Å². The Morgan fingerprint density at radius 3 is 2.61 bits per heavy atom. The third-order valence-corrected chi connectivity index (χ3v) is 5.30. The fraction of sp³-hybridized carbons (Fsp3) is 0.364. The van der Waals surface area contributed by atoms with Gasteiger partial charge in [-0.05, 0) is 37.6 Å². The molecule has 2 amide bonds. The number of rotatable bonds is 3. The lowest BCUT2D eigenvalue weighted by molar-refractivity contribution is -0.0846. The van der Waals surface area contributed by atoms with Gasteiger partial charge in [0.2, 0.25) is 0 Å². The van der Waals surface area contributed by atoms with E-state index < -0.39 is 5.54 Å². The van der Waals surface area contributed by atoms with Crippen LogP contribution in [0.25, 0.3) is 0 Å². The molecule has 0 aromatic heterocycles. The van der Waals surface area contributed by atoms with E-state index in [9.17, 15) is 9.59 Å². The summed E-state index contributed by atoms with van der Waals surface area (Å²) in [7, 11) is 0. The molecule has 2 aliphatic rings. The number of anilines is 1. The number of amides is 2. The second kappa shape index (κ2) is 7.28. The quantitative estimate of drug-likeness (QED) is 0.816. The molecule has 0 N–H and O–H groups in total. The summed E-state index contributed by atoms with van der Waals surface area (Å²) in [5, 5.41) is 0. The predicted octanol–water partition coefficient (Wildman–Crippen LogP) is 3.64. The largest absolute Gasteiger partial charge is 0.447 e. The lowest BCUT2D eigenvalue weighted by Gasteiger charge is -2.45. The van der Waals surface area contributed by atoms with Gasteiger partial charge in [-0.25, -0.2) is 4.79 Å². The Morgan fingerprint density at radius 2 is 1.89 bits per heavy atom. The van der Waals surface area contributed by atoms with E-state index in [1.54, 1.807) is 23.1 Å². The predicted molar refractivity (Wildman–Crippen MR) is 105 cm³/mol. The van der Waals surface area contributed by atoms with Crippen LogP contribution in [0.5, 0.6) is 0 Å². The molecule has 2 aromatic carbocycles. The number of cyclic esters (lactones) is 1. The highest BCUT2D eigenvalue weighted by atomic mass is 16.6. The third kappa shape index (κ3) is 3.47. The van der Waals surface area contributed by atoms with Gasteiger partial charge in [-0.3, -0.25) is 9.69 Å². The smallest absolute Gasteiger partial charge is 0.414 e. The molecule has 0 spiro atoms. The summed E-state index contributed by atoms with van der Waals surface area (Å²) in [6.45, 7) is 5.81. The minimum atomic E-state index is -0.426. The Labute approximate surface area is 164 Å². The zero-order chi connectivity index (χ0) is 19.7. The number of carbonyl (C=O) groups is 2. The van der Waals surface area contributed by atoms with E-state index in [2.05, 4.69) is 0 Å². The number of hydrogen-bond donors (Lipinski definition) is 0. The number of nitrogens with zero attached hydrogens (tertiary/aromatic N) is 2. The molecule has 2 heterocycles. The van der Waals surface area contributed by atoms with Gasteiger partial charge in [-0.2, -0.15) is 0 Å². The first kappa shape index (κ1) is 18.5. The van der Waals surface area contributed by atoms with Crippen LogP contribution in [0.1, 0.15) is 35.9 Å². The van der Waals surface area contributed by atoms with Gasteiger partial charge in [0, 0.05) is 11.3 Å². The Bertz CT molecular complexity index is 881. The van der Waals surface area contributed by atoms with Crippen LogP contribution in [0.2, 0.25) is 0 Å². The van der Waals surface area contributed by atoms with Crippen molar-refractivity contribution in [3.63, 3.8) is 0 Å². The molecule has 146 valence electrons. The fourth-order valence-corrected chi connectivity index (χ4v) is 3.67. The summed E-state index contributed by atoms with van der Waals surface area (Å²) in [6.07, 6.45) is -0.532. The highest BCUT2D eigenvalue weighted by Gasteiger charge is 2.39. The molecule has 2 aromatic rings. The molecule has 0 bridgehead atoms. The van der Waals surface area contributed by atoms with Crippen molar-refractivity contribution in [2.24, 2.45) is 0 Å². The molecule has 1 atom stereocenters. The van der Waals surface area contributed by atoms with E-state index in [1.165, 1.54) is 0 Å². The number of benzene rings is 2. The van der Waals surface area contributed by atoms with Gasteiger partial charge in [0.15, 0.2) is 0 Å². The maximum atomic E-state index is 13.4. The number of morpholine rings is 1. The average Bonchev–Trinajstić information content (AvgIpc) is 3.14. The molecule has 6 nitrogen and oxygen atoms in total. The molecular formula is C22H24N2O4. The second-order valence-electron chi connectivity index (χ2n) is 7.75. The van der Waals surface area contributed by atoms with Crippen LogP contribution in [-0.2, 0) is 9.47 Å². The van der Waals surface area contributed by atoms with Crippen LogP contribution < -0.4 is 4.90 Å². The molecule has 0 saturated carbocycles. The van der Waals surface area contributed by atoms with Crippen molar-refractivity contribution in [3.05, 3.63) is 65.7 Å². The van der Waals surface area contributed by atoms with Crippen LogP contribution in [0, 0.1) is 0 Å². The monoisotopic (exact) mass is 380 g/mol. The van der Waals surface area contributed by atoms with Crippen LogP contribution in [0.15, 0.2) is 54.6 Å². The Balaban J connectivity index is 1.59. The van der Waals surface area contributed by atoms with Gasteiger partial charge in [-0.1, -0.05) is 36.4 Å². The highest BCUT2D eigenvalue weighted by molar-refractivity contribution is 5.97. The summed E-state index contributed by atoms with van der Waals surface area (Å²) in [5.41, 5.74) is 1.87. The lowest BCUT2D eigenvalue weighted by atomic mass is 9.96. The van der Waals surface area contributed by atoms with Crippen LogP contribution in [0.3, 0.4) is 0 Å². The first-order valence-electron chi connectivity index (χ1n) is 9.48. The van der Waals surface area contributed by atoms with E-state index in [4.69, 9.17) is 9.47 Å². The lowest BCUT2D eigenvalue weighted by Crippen LogP contribution is -2.56. The summed E-state index contributed by atoms with van der Waals surface area (Å²) in [5.74, 6) is -0.0661. The van der Waals surface area contributed by atoms with Gasteiger partial charge >= 0.3 is 6.09 Å². The first-order chi connectivity index (χ1) is 13.5. The van der Waals surface area contributed by atoms with Gasteiger partial charge < -0.3 is 14.4 Å². The zero-order valence-corrected chi connectivity index (χ0v) is 16.1. The molecule has 0 unspecified atom stereocenters. The standard InChI is InChI=1S/C22H24N2O4/c1-22(2)15-28-19(16-7-4-3-5-8-16)14-24(22)20(25)17-9-6-10-18(13-17)23-11-12-27-21(23)26/h3-10,13,19H,11-12,14-15H2,1-2H3/t19-/m1/s1. The summed E-state index contributed by atoms with van der Waals surface area (Å²) < 4.78 is 11.1. The fourth-order valence-electron chi connectivity index (χ4n) is 3.67. The van der Waals surface area contributed by atoms with Crippen molar-refractivity contribution >= 4 is 17.7 Å². The van der Waals surface area contributed by atoms with Crippen LogP contribution in [-0.4, -0.2) is 48.7 Å². The molecule has 2 fully saturated rings. The third-order valence-electron chi connectivity index (χ3n) is 5.30. The van der Waals surface area contributed by atoms with E-state index in [1.807, 2.05) is 55.1 Å². The van der Waals surface area contributed by atoms with Crippen molar-refractivity contribution in [2.75, 3.05) is 31.2 Å². The maximum Gasteiger partial charge on any atom is 0.414 e. The van der Waals surface area contributed by atoms with Crippen molar-refractivity contribution in [3.8, 4) is 0 Å². The van der Waals surface area contributed by atoms with Crippen molar-refractivity contribution < 1.29 is 19.1 Å². The average molecular weight is 380 g/mol. The Morgan fingerprint density at radius 1 is 1.11 bits per heavy atom. The molecule has 2 aliphatic heterocycles. The van der Waals surface area contributed by atoms with Crippen LogP contribution in [0.4, 0.5) is 10.5 Å². The molecular weight excluding hydrogens is 356 g/mol. The summed E-state index contributed by atoms with van der Waals surface area (Å²) in [4.78, 5) is 28.6. The SMILES string of the molecule is CC1(C)CO[C@@H](c2ccccc2)CN1C(=O)c1cccc(N2CCOC2=O)c1. The maximum absolute atomic E-state index is 13.4. The number of carbonyl (C=O) groups excluding carboxylic acids is 2. The summed E-state index contributed by atoms with van der Waals surface area (Å²) in [6, 6.07) is 17.1. The molecule has 28 heavy (non-hydrogen) atoms. The molecule has 0 radical (unpaired) electrons. The van der Waals surface area contributed by atoms with E-state index >= 15 is 0 Å². The second-order valence-corrected chi connectivity index (χ2v) is 7.75. The van der Waals surface area contributed by atoms with Gasteiger partial charge in [0.1, 0.15) is 12.7 Å². The first-order valence-corrected chi connectivity index (χ1v) is 9.48. The minimum absolute atomic E-state index is 0.0661. The topological polar surface area (TPSA) is 59.1 Å². The van der Waals surface area contributed by atoms with Gasteiger partial charge in [0.05, 0.1) is 25.2 Å². The van der Waals surface area contributed by atoms with E-state index in [0.29, 0.717) is 37.6 Å². The molecule has 6 heteroatoms. The van der Waals surface area contributed by atoms with Crippen LogP contribution >= 0.6 is 0 Å². The molecule has 2 saturated heterocycles. The van der Waals surface area contributed by atoms with Crippen molar-refractivity contribution in [1.29, 1.82) is 0 Å². The van der Waals surface area contributed by atoms with E-state index in [0.717, 1.165) is 5.56 Å². The molecule has 4 rings (SSSR count). The van der Waals surface area contributed by atoms with Crippen molar-refractivity contribution in [2.45, 2.75) is 25.5 Å². The molecule has 0 aliphatic carbocycles. The highest BCUT2D eigenvalue weighted by Crippen LogP contribution is 2.32. The Hall–Kier alpha value is -2.86. The van der Waals surface area contributed by atoms with Gasteiger partial charge in [0.25, 0.3) is 5.91 Å². The zero-order valence-electron chi connectivity index (χ0n) is 16.1. The summed E-state index contributed by atoms with van der Waals surface area (Å²) >= 11 is 0.